The minimum absolute atomic E-state index is 0.239. The molecule has 1 atom stereocenters. The average Bonchev–Trinajstić information content (AvgIpc) is 3.75. The second-order valence-electron chi connectivity index (χ2n) is 10.6. The summed E-state index contributed by atoms with van der Waals surface area (Å²) >= 11 is 0. The van der Waals surface area contributed by atoms with E-state index in [1.165, 1.54) is 12.8 Å². The first-order valence-electron chi connectivity index (χ1n) is 12.9. The maximum atomic E-state index is 13.0. The number of rotatable bonds is 5. The van der Waals surface area contributed by atoms with Crippen LogP contribution in [0.5, 0.6) is 0 Å². The van der Waals surface area contributed by atoms with Crippen LogP contribution < -0.4 is 4.90 Å². The van der Waals surface area contributed by atoms with Crippen molar-refractivity contribution in [1.29, 1.82) is 5.26 Å². The highest BCUT2D eigenvalue weighted by Gasteiger charge is 2.45. The van der Waals surface area contributed by atoms with E-state index in [1.54, 1.807) is 12.4 Å². The van der Waals surface area contributed by atoms with Crippen LogP contribution in [0.1, 0.15) is 55.7 Å². The summed E-state index contributed by atoms with van der Waals surface area (Å²) in [6, 6.07) is 10.7. The second kappa shape index (κ2) is 8.01. The summed E-state index contributed by atoms with van der Waals surface area (Å²) in [6.07, 6.45) is 10.1. The number of hydrogen-bond acceptors (Lipinski definition) is 6. The highest BCUT2D eigenvalue weighted by molar-refractivity contribution is 5.93. The molecule has 4 fully saturated rings. The predicted molar refractivity (Wildman–Crippen MR) is 133 cm³/mol. The van der Waals surface area contributed by atoms with E-state index in [0.29, 0.717) is 23.3 Å². The molecule has 1 unspecified atom stereocenters. The van der Waals surface area contributed by atoms with E-state index in [0.717, 1.165) is 79.0 Å². The van der Waals surface area contributed by atoms with Gasteiger partial charge in [-0.05, 0) is 56.6 Å². The Bertz CT molecular complexity index is 1360. The van der Waals surface area contributed by atoms with Gasteiger partial charge in [-0.3, -0.25) is 14.8 Å². The number of hydrogen-bond donors (Lipinski definition) is 0. The first-order chi connectivity index (χ1) is 17.2. The molecule has 0 spiro atoms. The number of nitrogens with zero attached hydrogens (tertiary/aromatic N) is 6. The standard InChI is InChI=1S/C28H28N6O/c29-15-20-14-22(21-2-1-3-23-26(21)31-11-10-30-23)25(18-6-7-18)32-27(20)33-12-13-34(28(35)19-8-9-19)24(16-33)17-4-5-17/h1-3,10-11,14,17-19,24H,4-9,12-13,16H2. The van der Waals surface area contributed by atoms with Crippen LogP contribution >= 0.6 is 0 Å². The van der Waals surface area contributed by atoms with Gasteiger partial charge in [-0.25, -0.2) is 4.98 Å². The van der Waals surface area contributed by atoms with E-state index in [2.05, 4.69) is 31.9 Å². The monoisotopic (exact) mass is 464 g/mol. The molecule has 7 heteroatoms. The van der Waals surface area contributed by atoms with Crippen molar-refractivity contribution in [3.05, 3.63) is 47.9 Å². The van der Waals surface area contributed by atoms with Gasteiger partial charge in [-0.15, -0.1) is 0 Å². The minimum atomic E-state index is 0.239. The molecule has 0 bridgehead atoms. The first kappa shape index (κ1) is 20.8. The van der Waals surface area contributed by atoms with Gasteiger partial charge in [0.15, 0.2) is 0 Å². The number of carbonyl (C=O) groups is 1. The number of carbonyl (C=O) groups excluding carboxylic acids is 1. The van der Waals surface area contributed by atoms with Crippen LogP contribution in [-0.2, 0) is 4.79 Å². The zero-order valence-electron chi connectivity index (χ0n) is 19.7. The second-order valence-corrected chi connectivity index (χ2v) is 10.6. The number of fused-ring (bicyclic) bond motifs is 1. The predicted octanol–water partition coefficient (Wildman–Crippen LogP) is 4.28. The lowest BCUT2D eigenvalue weighted by atomic mass is 9.97. The van der Waals surface area contributed by atoms with E-state index >= 15 is 0 Å². The number of benzene rings is 1. The Morgan fingerprint density at radius 3 is 2.57 bits per heavy atom. The Hall–Kier alpha value is -3.53. The van der Waals surface area contributed by atoms with Crippen LogP contribution in [0, 0.1) is 23.2 Å². The molecule has 1 aliphatic heterocycles. The third-order valence-corrected chi connectivity index (χ3v) is 8.00. The highest BCUT2D eigenvalue weighted by atomic mass is 16.2. The summed E-state index contributed by atoms with van der Waals surface area (Å²) in [5.41, 5.74) is 5.34. The lowest BCUT2D eigenvalue weighted by Crippen LogP contribution is -2.57. The molecule has 2 aromatic heterocycles. The quantitative estimate of drug-likeness (QED) is 0.560. The number of aromatic nitrogens is 3. The Morgan fingerprint density at radius 1 is 1.00 bits per heavy atom. The normalized spacial score (nSPS) is 22.3. The van der Waals surface area contributed by atoms with Gasteiger partial charge in [0.2, 0.25) is 5.91 Å². The molecule has 3 heterocycles. The molecule has 4 aliphatic rings. The lowest BCUT2D eigenvalue weighted by molar-refractivity contribution is -0.135. The van der Waals surface area contributed by atoms with E-state index in [9.17, 15) is 10.1 Å². The fourth-order valence-corrected chi connectivity index (χ4v) is 5.66. The van der Waals surface area contributed by atoms with Gasteiger partial charge in [0.05, 0.1) is 28.3 Å². The van der Waals surface area contributed by atoms with Gasteiger partial charge < -0.3 is 9.80 Å². The van der Waals surface area contributed by atoms with Crippen LogP contribution in [0.15, 0.2) is 36.7 Å². The van der Waals surface area contributed by atoms with Gasteiger partial charge in [-0.1, -0.05) is 12.1 Å². The molecule has 3 aromatic rings. The zero-order chi connectivity index (χ0) is 23.5. The van der Waals surface area contributed by atoms with Crippen molar-refractivity contribution < 1.29 is 4.79 Å². The molecule has 0 radical (unpaired) electrons. The summed E-state index contributed by atoms with van der Waals surface area (Å²) in [7, 11) is 0. The maximum absolute atomic E-state index is 13.0. The summed E-state index contributed by atoms with van der Waals surface area (Å²) in [5, 5.41) is 10.2. The van der Waals surface area contributed by atoms with Gasteiger partial charge in [0.25, 0.3) is 0 Å². The van der Waals surface area contributed by atoms with Crippen molar-refractivity contribution >= 4 is 22.8 Å². The van der Waals surface area contributed by atoms with Crippen LogP contribution in [-0.4, -0.2) is 51.4 Å². The SMILES string of the molecule is N#Cc1cc(-c2cccc3nccnc23)c(C2CC2)nc1N1CCN(C(=O)C2CC2)C(C2CC2)C1. The van der Waals surface area contributed by atoms with Gasteiger partial charge in [-0.2, -0.15) is 5.26 Å². The summed E-state index contributed by atoms with van der Waals surface area (Å²) < 4.78 is 0. The largest absolute Gasteiger partial charge is 0.352 e. The number of anilines is 1. The van der Waals surface area contributed by atoms with Crippen molar-refractivity contribution in [2.75, 3.05) is 24.5 Å². The molecular formula is C28H28N6O. The number of nitriles is 1. The molecule has 1 saturated heterocycles. The molecule has 1 aromatic carbocycles. The molecule has 0 N–H and O–H groups in total. The molecule has 7 nitrogen and oxygen atoms in total. The van der Waals surface area contributed by atoms with Gasteiger partial charge in [0, 0.05) is 55.0 Å². The van der Waals surface area contributed by atoms with Crippen LogP contribution in [0.3, 0.4) is 0 Å². The smallest absolute Gasteiger partial charge is 0.226 e. The van der Waals surface area contributed by atoms with Gasteiger partial charge in [0.1, 0.15) is 11.9 Å². The molecule has 176 valence electrons. The van der Waals surface area contributed by atoms with Crippen LogP contribution in [0.25, 0.3) is 22.2 Å². The lowest BCUT2D eigenvalue weighted by Gasteiger charge is -2.43. The van der Waals surface area contributed by atoms with E-state index in [1.807, 2.05) is 18.2 Å². The number of pyridine rings is 1. The molecule has 35 heavy (non-hydrogen) atoms. The number of piperazine rings is 1. The average molecular weight is 465 g/mol. The third kappa shape index (κ3) is 3.72. The van der Waals surface area contributed by atoms with E-state index in [4.69, 9.17) is 4.98 Å². The van der Waals surface area contributed by atoms with Crippen molar-refractivity contribution in [3.63, 3.8) is 0 Å². The van der Waals surface area contributed by atoms with Crippen LogP contribution in [0.4, 0.5) is 5.82 Å². The fourth-order valence-electron chi connectivity index (χ4n) is 5.66. The molecular weight excluding hydrogens is 436 g/mol. The van der Waals surface area contributed by atoms with Crippen molar-refractivity contribution in [3.8, 4) is 17.2 Å². The number of amides is 1. The highest BCUT2D eigenvalue weighted by Crippen LogP contribution is 2.46. The minimum Gasteiger partial charge on any atom is -0.352 e. The van der Waals surface area contributed by atoms with E-state index < -0.39 is 0 Å². The Kier molecular flexibility index (Phi) is 4.76. The zero-order valence-corrected chi connectivity index (χ0v) is 19.7. The third-order valence-electron chi connectivity index (χ3n) is 8.00. The first-order valence-corrected chi connectivity index (χ1v) is 12.9. The number of para-hydroxylation sites is 1. The molecule has 3 saturated carbocycles. The molecule has 7 rings (SSSR count). The summed E-state index contributed by atoms with van der Waals surface area (Å²) in [4.78, 5) is 31.7. The van der Waals surface area contributed by atoms with E-state index in [-0.39, 0.29) is 12.0 Å². The van der Waals surface area contributed by atoms with Crippen molar-refractivity contribution in [1.82, 2.24) is 19.9 Å². The fraction of sp³-hybridized carbons (Fsp3) is 0.464. The molecule has 3 aliphatic carbocycles. The Labute approximate surface area is 204 Å². The molecule has 1 amide bonds. The Balaban J connectivity index is 1.28. The Morgan fingerprint density at radius 2 is 1.83 bits per heavy atom. The van der Waals surface area contributed by atoms with Crippen LogP contribution in [0.2, 0.25) is 0 Å². The summed E-state index contributed by atoms with van der Waals surface area (Å²) in [6.45, 7) is 2.23. The summed E-state index contributed by atoms with van der Waals surface area (Å²) in [5.74, 6) is 2.39. The van der Waals surface area contributed by atoms with Crippen molar-refractivity contribution in [2.45, 2.75) is 50.5 Å². The topological polar surface area (TPSA) is 86.0 Å². The van der Waals surface area contributed by atoms with Crippen molar-refractivity contribution in [2.24, 2.45) is 11.8 Å². The maximum Gasteiger partial charge on any atom is 0.226 e. The van der Waals surface area contributed by atoms with Gasteiger partial charge >= 0.3 is 0 Å².